The van der Waals surface area contributed by atoms with Crippen molar-refractivity contribution >= 4 is 0 Å². The average Bonchev–Trinajstić information content (AvgIpc) is 2.33. The number of hydrogen-bond donors (Lipinski definition) is 1. The van der Waals surface area contributed by atoms with Gasteiger partial charge in [-0.05, 0) is 25.2 Å². The van der Waals surface area contributed by atoms with E-state index in [0.29, 0.717) is 18.9 Å². The lowest BCUT2D eigenvalue weighted by molar-refractivity contribution is 0.317. The van der Waals surface area contributed by atoms with E-state index < -0.39 is 5.82 Å². The summed E-state index contributed by atoms with van der Waals surface area (Å²) in [5, 5.41) is 11.6. The van der Waals surface area contributed by atoms with Crippen LogP contribution in [0.5, 0.6) is 5.75 Å². The number of nitriles is 1. The molecule has 0 saturated carbocycles. The predicted octanol–water partition coefficient (Wildman–Crippen LogP) is 2.32. The van der Waals surface area contributed by atoms with Gasteiger partial charge < -0.3 is 10.1 Å². The van der Waals surface area contributed by atoms with Crippen molar-refractivity contribution in [3.05, 3.63) is 29.6 Å². The van der Waals surface area contributed by atoms with Gasteiger partial charge in [-0.3, -0.25) is 0 Å². The summed E-state index contributed by atoms with van der Waals surface area (Å²) in [4.78, 5) is 0. The highest BCUT2D eigenvalue weighted by atomic mass is 19.1. The molecule has 0 unspecified atom stereocenters. The van der Waals surface area contributed by atoms with Crippen LogP contribution >= 0.6 is 0 Å². The fourth-order valence-electron chi connectivity index (χ4n) is 0.978. The van der Waals surface area contributed by atoms with Crippen molar-refractivity contribution in [2.24, 2.45) is 0 Å². The van der Waals surface area contributed by atoms with Crippen molar-refractivity contribution in [3.63, 3.8) is 0 Å². The van der Waals surface area contributed by atoms with Crippen molar-refractivity contribution in [2.45, 2.75) is 13.8 Å². The van der Waals surface area contributed by atoms with Crippen molar-refractivity contribution in [1.82, 2.24) is 5.32 Å². The molecule has 0 saturated heterocycles. The SMILES string of the molecule is CC.CNCCOc1ccc(F)cc1C#N. The Bertz CT molecular complexity index is 347. The molecule has 1 rings (SSSR count). The molecular formula is C12H17FN2O. The summed E-state index contributed by atoms with van der Waals surface area (Å²) in [5.74, 6) is -0.00772. The van der Waals surface area contributed by atoms with Crippen LogP contribution in [0, 0.1) is 17.1 Å². The molecule has 1 aromatic rings. The third-order valence-corrected chi connectivity index (χ3v) is 1.67. The largest absolute Gasteiger partial charge is 0.491 e. The number of benzene rings is 1. The third kappa shape index (κ3) is 4.76. The van der Waals surface area contributed by atoms with Gasteiger partial charge in [0.1, 0.15) is 24.2 Å². The van der Waals surface area contributed by atoms with Gasteiger partial charge in [0, 0.05) is 6.54 Å². The number of rotatable bonds is 4. The summed E-state index contributed by atoms with van der Waals surface area (Å²) in [6, 6.07) is 5.77. The van der Waals surface area contributed by atoms with Crippen molar-refractivity contribution in [1.29, 1.82) is 5.26 Å². The molecule has 1 aromatic carbocycles. The van der Waals surface area contributed by atoms with Crippen LogP contribution in [-0.4, -0.2) is 20.2 Å². The molecule has 4 heteroatoms. The van der Waals surface area contributed by atoms with E-state index in [9.17, 15) is 4.39 Å². The zero-order valence-corrected chi connectivity index (χ0v) is 9.88. The highest BCUT2D eigenvalue weighted by molar-refractivity contribution is 5.42. The third-order valence-electron chi connectivity index (χ3n) is 1.67. The summed E-state index contributed by atoms with van der Waals surface area (Å²) >= 11 is 0. The molecule has 3 nitrogen and oxygen atoms in total. The highest BCUT2D eigenvalue weighted by Gasteiger charge is 2.03. The number of likely N-dealkylation sites (N-methyl/N-ethyl adjacent to an activating group) is 1. The van der Waals surface area contributed by atoms with Crippen molar-refractivity contribution in [3.8, 4) is 11.8 Å². The van der Waals surface area contributed by atoms with E-state index in [1.54, 1.807) is 7.05 Å². The topological polar surface area (TPSA) is 45.0 Å². The molecule has 0 aliphatic carbocycles. The molecule has 0 aliphatic heterocycles. The maximum absolute atomic E-state index is 12.7. The smallest absolute Gasteiger partial charge is 0.137 e. The van der Waals surface area contributed by atoms with Crippen molar-refractivity contribution in [2.75, 3.05) is 20.2 Å². The monoisotopic (exact) mass is 224 g/mol. The van der Waals surface area contributed by atoms with E-state index in [2.05, 4.69) is 5.32 Å². The Morgan fingerprint density at radius 1 is 1.44 bits per heavy atom. The summed E-state index contributed by atoms with van der Waals surface area (Å²) in [6.07, 6.45) is 0. The summed E-state index contributed by atoms with van der Waals surface area (Å²) in [6.45, 7) is 5.14. The van der Waals surface area contributed by atoms with Crippen LogP contribution in [0.25, 0.3) is 0 Å². The second kappa shape index (κ2) is 8.69. The zero-order chi connectivity index (χ0) is 12.4. The number of halogens is 1. The first kappa shape index (κ1) is 14.4. The molecule has 0 atom stereocenters. The molecule has 0 amide bonds. The van der Waals surface area contributed by atoms with Crippen LogP contribution in [0.4, 0.5) is 4.39 Å². The summed E-state index contributed by atoms with van der Waals surface area (Å²) in [7, 11) is 1.80. The number of nitrogens with zero attached hydrogens (tertiary/aromatic N) is 1. The van der Waals surface area contributed by atoms with Crippen LogP contribution in [0.3, 0.4) is 0 Å². The van der Waals surface area contributed by atoms with Gasteiger partial charge in [-0.1, -0.05) is 13.8 Å². The standard InChI is InChI=1S/C10H11FN2O.C2H6/c1-13-4-5-14-10-3-2-9(11)6-8(10)7-12;1-2/h2-3,6,13H,4-5H2,1H3;1-2H3. The van der Waals surface area contributed by atoms with Gasteiger partial charge in [-0.15, -0.1) is 0 Å². The number of nitrogens with one attached hydrogen (secondary N) is 1. The number of ether oxygens (including phenoxy) is 1. The van der Waals surface area contributed by atoms with Crippen LogP contribution in [0.2, 0.25) is 0 Å². The molecule has 0 aliphatic rings. The van der Waals surface area contributed by atoms with E-state index in [4.69, 9.17) is 10.00 Å². The maximum atomic E-state index is 12.7. The zero-order valence-electron chi connectivity index (χ0n) is 9.88. The van der Waals surface area contributed by atoms with Crippen LogP contribution in [0.1, 0.15) is 19.4 Å². The lowest BCUT2D eigenvalue weighted by atomic mass is 10.2. The average molecular weight is 224 g/mol. The molecule has 0 aromatic heterocycles. The van der Waals surface area contributed by atoms with Crippen LogP contribution < -0.4 is 10.1 Å². The molecule has 0 radical (unpaired) electrons. The lowest BCUT2D eigenvalue weighted by Crippen LogP contribution is -2.16. The Hall–Kier alpha value is -1.60. The summed E-state index contributed by atoms with van der Waals surface area (Å²) in [5.41, 5.74) is 0.223. The van der Waals surface area contributed by atoms with Crippen LogP contribution in [-0.2, 0) is 0 Å². The lowest BCUT2D eigenvalue weighted by Gasteiger charge is -2.06. The maximum Gasteiger partial charge on any atom is 0.137 e. The summed E-state index contributed by atoms with van der Waals surface area (Å²) < 4.78 is 18.0. The fraction of sp³-hybridized carbons (Fsp3) is 0.417. The first-order valence-corrected chi connectivity index (χ1v) is 5.25. The second-order valence-corrected chi connectivity index (χ2v) is 2.70. The second-order valence-electron chi connectivity index (χ2n) is 2.70. The quantitative estimate of drug-likeness (QED) is 0.798. The van der Waals surface area contributed by atoms with Crippen molar-refractivity contribution < 1.29 is 9.13 Å². The molecule has 16 heavy (non-hydrogen) atoms. The Balaban J connectivity index is 0.00000106. The van der Waals surface area contributed by atoms with E-state index >= 15 is 0 Å². The molecule has 0 heterocycles. The van der Waals surface area contributed by atoms with Gasteiger partial charge in [0.2, 0.25) is 0 Å². The Labute approximate surface area is 95.8 Å². The minimum absolute atomic E-state index is 0.223. The van der Waals surface area contributed by atoms with Gasteiger partial charge in [0.25, 0.3) is 0 Å². The Morgan fingerprint density at radius 2 is 2.12 bits per heavy atom. The molecule has 88 valence electrons. The normalized spacial score (nSPS) is 8.69. The predicted molar refractivity (Wildman–Crippen MR) is 61.9 cm³/mol. The first-order chi connectivity index (χ1) is 7.77. The fourth-order valence-corrected chi connectivity index (χ4v) is 0.978. The van der Waals surface area contributed by atoms with E-state index in [1.807, 2.05) is 19.9 Å². The van der Waals surface area contributed by atoms with Gasteiger partial charge in [-0.2, -0.15) is 5.26 Å². The molecule has 1 N–H and O–H groups in total. The van der Waals surface area contributed by atoms with Gasteiger partial charge in [0.15, 0.2) is 0 Å². The highest BCUT2D eigenvalue weighted by Crippen LogP contribution is 2.18. The van der Waals surface area contributed by atoms with E-state index in [-0.39, 0.29) is 5.56 Å². The Morgan fingerprint density at radius 3 is 2.69 bits per heavy atom. The van der Waals surface area contributed by atoms with Gasteiger partial charge in [0.05, 0.1) is 5.56 Å². The van der Waals surface area contributed by atoms with Crippen LogP contribution in [0.15, 0.2) is 18.2 Å². The molecular weight excluding hydrogens is 207 g/mol. The van der Waals surface area contributed by atoms with Gasteiger partial charge in [-0.25, -0.2) is 4.39 Å². The number of hydrogen-bond acceptors (Lipinski definition) is 3. The molecule has 0 bridgehead atoms. The minimum Gasteiger partial charge on any atom is -0.491 e. The Kier molecular flexibility index (Phi) is 7.82. The minimum atomic E-state index is -0.428. The van der Waals surface area contributed by atoms with E-state index in [0.717, 1.165) is 6.07 Å². The molecule has 0 spiro atoms. The van der Waals surface area contributed by atoms with Gasteiger partial charge >= 0.3 is 0 Å². The first-order valence-electron chi connectivity index (χ1n) is 5.25. The van der Waals surface area contributed by atoms with E-state index in [1.165, 1.54) is 12.1 Å². The molecule has 0 fully saturated rings.